The fourth-order valence-electron chi connectivity index (χ4n) is 1.03. The average Bonchev–Trinajstić information content (AvgIpc) is 2.03. The lowest BCUT2D eigenvalue weighted by atomic mass is 10.1. The van der Waals surface area contributed by atoms with Crippen molar-refractivity contribution in [3.63, 3.8) is 0 Å². The molecule has 0 fully saturated rings. The van der Waals surface area contributed by atoms with Crippen LogP contribution in [0.1, 0.15) is 5.56 Å². The Hall–Kier alpha value is -1.19. The third-order valence-electron chi connectivity index (χ3n) is 1.60. The van der Waals surface area contributed by atoms with Gasteiger partial charge in [-0.25, -0.2) is 0 Å². The smallest absolute Gasteiger partial charge is 0.377 e. The molecule has 1 rings (SSSR count). The summed E-state index contributed by atoms with van der Waals surface area (Å²) in [5.41, 5.74) is -0.588. The highest BCUT2D eigenvalue weighted by Crippen LogP contribution is 2.35. The molecule has 1 aromatic rings. The molecule has 71 valence electrons. The first-order valence-electron chi connectivity index (χ1n) is 3.68. The second-order valence-electron chi connectivity index (χ2n) is 2.82. The van der Waals surface area contributed by atoms with Gasteiger partial charge < -0.3 is 4.90 Å². The monoisotopic (exact) mass is 188 g/mol. The molecule has 0 N–H and O–H groups in total. The predicted molar refractivity (Wildman–Crippen MR) is 44.6 cm³/mol. The fraction of sp³-hybridized carbons (Fsp3) is 0.333. The highest BCUT2D eigenvalue weighted by Gasteiger charge is 2.33. The first-order chi connectivity index (χ1) is 5.93. The van der Waals surface area contributed by atoms with Crippen LogP contribution in [0, 0.1) is 6.07 Å². The van der Waals surface area contributed by atoms with Gasteiger partial charge in [-0.3, -0.25) is 0 Å². The van der Waals surface area contributed by atoms with Crippen LogP contribution in [0.4, 0.5) is 18.9 Å². The molecule has 0 unspecified atom stereocenters. The van der Waals surface area contributed by atoms with Gasteiger partial charge in [0.2, 0.25) is 0 Å². The van der Waals surface area contributed by atoms with E-state index in [0.29, 0.717) is 0 Å². The summed E-state index contributed by atoms with van der Waals surface area (Å²) in [6, 6.07) is 6.40. The zero-order valence-corrected chi connectivity index (χ0v) is 7.31. The van der Waals surface area contributed by atoms with E-state index in [1.165, 1.54) is 23.1 Å². The number of nitrogens with zero attached hydrogens (tertiary/aromatic N) is 1. The molecule has 4 heteroatoms. The van der Waals surface area contributed by atoms with Crippen molar-refractivity contribution in [2.75, 3.05) is 19.0 Å². The molecule has 0 amide bonds. The molecule has 0 aliphatic rings. The Kier molecular flexibility index (Phi) is 2.50. The molecule has 0 heterocycles. The van der Waals surface area contributed by atoms with Crippen molar-refractivity contribution >= 4 is 5.69 Å². The van der Waals surface area contributed by atoms with E-state index in [4.69, 9.17) is 0 Å². The van der Waals surface area contributed by atoms with Gasteiger partial charge in [-0.05, 0) is 12.1 Å². The van der Waals surface area contributed by atoms with Gasteiger partial charge in [-0.2, -0.15) is 13.2 Å². The molecule has 1 nitrogen and oxygen atoms in total. The Balaban J connectivity index is 3.20. The minimum absolute atomic E-state index is 0.134. The number of hydrogen-bond donors (Lipinski definition) is 0. The van der Waals surface area contributed by atoms with Gasteiger partial charge >= 0.3 is 6.18 Å². The van der Waals surface area contributed by atoms with E-state index in [1.54, 1.807) is 14.1 Å². The average molecular weight is 188 g/mol. The topological polar surface area (TPSA) is 3.24 Å². The van der Waals surface area contributed by atoms with Crippen molar-refractivity contribution in [1.29, 1.82) is 0 Å². The van der Waals surface area contributed by atoms with Crippen LogP contribution in [0.5, 0.6) is 0 Å². The van der Waals surface area contributed by atoms with Crippen LogP contribution in [0.2, 0.25) is 0 Å². The maximum atomic E-state index is 12.4. The lowest BCUT2D eigenvalue weighted by molar-refractivity contribution is -0.137. The minimum Gasteiger partial charge on any atom is -0.377 e. The van der Waals surface area contributed by atoms with Crippen LogP contribution in [-0.4, -0.2) is 14.1 Å². The van der Waals surface area contributed by atoms with Crippen molar-refractivity contribution in [3.05, 3.63) is 29.8 Å². The van der Waals surface area contributed by atoms with Crippen molar-refractivity contribution in [3.8, 4) is 0 Å². The predicted octanol–water partition coefficient (Wildman–Crippen LogP) is 2.57. The molecule has 0 aliphatic carbocycles. The Morgan fingerprint density at radius 3 is 2.31 bits per heavy atom. The van der Waals surface area contributed by atoms with Crippen molar-refractivity contribution in [2.45, 2.75) is 6.18 Å². The van der Waals surface area contributed by atoms with E-state index in [1.807, 2.05) is 0 Å². The summed E-state index contributed by atoms with van der Waals surface area (Å²) in [5, 5.41) is 0. The second-order valence-corrected chi connectivity index (χ2v) is 2.82. The third kappa shape index (κ3) is 2.14. The summed E-state index contributed by atoms with van der Waals surface area (Å²) < 4.78 is 37.1. The molecule has 13 heavy (non-hydrogen) atoms. The summed E-state index contributed by atoms with van der Waals surface area (Å²) in [4.78, 5) is 1.42. The Morgan fingerprint density at radius 1 is 1.31 bits per heavy atom. The van der Waals surface area contributed by atoms with Gasteiger partial charge in [0.25, 0.3) is 0 Å². The summed E-state index contributed by atoms with van der Waals surface area (Å²) in [5.74, 6) is 0. The molecule has 0 saturated heterocycles. The number of alkyl halides is 3. The van der Waals surface area contributed by atoms with Gasteiger partial charge in [-0.1, -0.05) is 12.1 Å². The molecular formula is C9H9F3N. The molecule has 0 atom stereocenters. The normalized spacial score (nSPS) is 11.5. The van der Waals surface area contributed by atoms with Crippen LogP contribution in [0.3, 0.4) is 0 Å². The largest absolute Gasteiger partial charge is 0.418 e. The molecule has 1 radical (unpaired) electrons. The van der Waals surface area contributed by atoms with Crippen molar-refractivity contribution in [2.24, 2.45) is 0 Å². The quantitative estimate of drug-likeness (QED) is 0.654. The van der Waals surface area contributed by atoms with E-state index in [2.05, 4.69) is 6.07 Å². The van der Waals surface area contributed by atoms with E-state index in [-0.39, 0.29) is 5.69 Å². The Morgan fingerprint density at radius 2 is 1.92 bits per heavy atom. The van der Waals surface area contributed by atoms with Gasteiger partial charge in [0.1, 0.15) is 0 Å². The van der Waals surface area contributed by atoms with E-state index >= 15 is 0 Å². The molecular weight excluding hydrogens is 179 g/mol. The first kappa shape index (κ1) is 9.89. The zero-order chi connectivity index (χ0) is 10.1. The summed E-state index contributed by atoms with van der Waals surface area (Å²) >= 11 is 0. The van der Waals surface area contributed by atoms with Gasteiger partial charge in [0.05, 0.1) is 5.56 Å². The number of anilines is 1. The number of benzene rings is 1. The summed E-state index contributed by atoms with van der Waals surface area (Å²) in [7, 11) is 3.14. The van der Waals surface area contributed by atoms with E-state index in [0.717, 1.165) is 0 Å². The molecule has 0 bridgehead atoms. The van der Waals surface area contributed by atoms with Gasteiger partial charge in [0, 0.05) is 19.8 Å². The lowest BCUT2D eigenvalue weighted by Crippen LogP contribution is -2.16. The fourth-order valence-corrected chi connectivity index (χ4v) is 1.03. The summed E-state index contributed by atoms with van der Waals surface area (Å²) in [6.07, 6.45) is -4.33. The van der Waals surface area contributed by atoms with Crippen molar-refractivity contribution in [1.82, 2.24) is 0 Å². The van der Waals surface area contributed by atoms with Gasteiger partial charge in [0.15, 0.2) is 0 Å². The van der Waals surface area contributed by atoms with E-state index < -0.39 is 11.7 Å². The maximum absolute atomic E-state index is 12.4. The third-order valence-corrected chi connectivity index (χ3v) is 1.60. The molecule has 0 aliphatic heterocycles. The number of rotatable bonds is 1. The first-order valence-corrected chi connectivity index (χ1v) is 3.68. The summed E-state index contributed by atoms with van der Waals surface area (Å²) in [6.45, 7) is 0. The molecule has 0 spiro atoms. The standard InChI is InChI=1S/C9H9F3N/c1-13(2)8-6-4-3-5-7(8)9(10,11)12/h3-4,6H,1-2H3. The van der Waals surface area contributed by atoms with Crippen LogP contribution < -0.4 is 4.90 Å². The van der Waals surface area contributed by atoms with Crippen LogP contribution in [-0.2, 0) is 6.18 Å². The highest BCUT2D eigenvalue weighted by molar-refractivity contribution is 5.53. The van der Waals surface area contributed by atoms with Crippen LogP contribution in [0.25, 0.3) is 0 Å². The van der Waals surface area contributed by atoms with E-state index in [9.17, 15) is 13.2 Å². The number of hydrogen-bond acceptors (Lipinski definition) is 1. The molecule has 0 aromatic heterocycles. The molecule has 0 saturated carbocycles. The van der Waals surface area contributed by atoms with Crippen LogP contribution >= 0.6 is 0 Å². The van der Waals surface area contributed by atoms with Gasteiger partial charge in [-0.15, -0.1) is 0 Å². The number of halogens is 3. The van der Waals surface area contributed by atoms with Crippen molar-refractivity contribution < 1.29 is 13.2 Å². The molecule has 1 aromatic carbocycles. The Labute approximate surface area is 74.8 Å². The Bertz CT molecular complexity index is 291. The van der Waals surface area contributed by atoms with Crippen LogP contribution in [0.15, 0.2) is 18.2 Å². The minimum atomic E-state index is -4.33. The SMILES string of the molecule is CN(C)c1ccc[c]c1C(F)(F)F. The maximum Gasteiger partial charge on any atom is 0.418 e. The highest BCUT2D eigenvalue weighted by atomic mass is 19.4. The zero-order valence-electron chi connectivity index (χ0n) is 7.31. The second kappa shape index (κ2) is 3.28. The lowest BCUT2D eigenvalue weighted by Gasteiger charge is -2.18.